The third kappa shape index (κ3) is 4.11. The molecule has 0 radical (unpaired) electrons. The van der Waals surface area contributed by atoms with Crippen LogP contribution in [-0.4, -0.2) is 38.7 Å². The SMILES string of the molecule is COc1ccc(N2CC(C(=O)OC3CCCCCC3)CC2=O)cc1OC. The Hall–Kier alpha value is -2.24. The van der Waals surface area contributed by atoms with Crippen LogP contribution in [0, 0.1) is 5.92 Å². The number of carbonyl (C=O) groups excluding carboxylic acids is 2. The summed E-state index contributed by atoms with van der Waals surface area (Å²) in [5.41, 5.74) is 0.706. The molecule has 1 unspecified atom stereocenters. The highest BCUT2D eigenvalue weighted by Gasteiger charge is 2.37. The molecule has 1 heterocycles. The van der Waals surface area contributed by atoms with E-state index in [0.717, 1.165) is 25.7 Å². The van der Waals surface area contributed by atoms with Gasteiger partial charge in [-0.3, -0.25) is 9.59 Å². The van der Waals surface area contributed by atoms with Gasteiger partial charge in [-0.25, -0.2) is 0 Å². The number of hydrogen-bond donors (Lipinski definition) is 0. The molecule has 1 aliphatic heterocycles. The Morgan fingerprint density at radius 3 is 2.38 bits per heavy atom. The number of amides is 1. The number of esters is 1. The lowest BCUT2D eigenvalue weighted by molar-refractivity contribution is -0.154. The maximum atomic E-state index is 12.5. The molecule has 1 amide bonds. The smallest absolute Gasteiger partial charge is 0.311 e. The molecule has 1 aliphatic carbocycles. The van der Waals surface area contributed by atoms with E-state index in [-0.39, 0.29) is 24.4 Å². The summed E-state index contributed by atoms with van der Waals surface area (Å²) in [5.74, 6) is 0.446. The van der Waals surface area contributed by atoms with Gasteiger partial charge < -0.3 is 19.1 Å². The Bertz CT molecular complexity index is 652. The van der Waals surface area contributed by atoms with Crippen molar-refractivity contribution >= 4 is 17.6 Å². The minimum Gasteiger partial charge on any atom is -0.493 e. The van der Waals surface area contributed by atoms with E-state index >= 15 is 0 Å². The summed E-state index contributed by atoms with van der Waals surface area (Å²) in [6.07, 6.45) is 6.72. The van der Waals surface area contributed by atoms with Crippen molar-refractivity contribution < 1.29 is 23.8 Å². The van der Waals surface area contributed by atoms with Crippen LogP contribution in [0.3, 0.4) is 0 Å². The molecule has 1 atom stereocenters. The van der Waals surface area contributed by atoms with Gasteiger partial charge in [-0.1, -0.05) is 12.8 Å². The summed E-state index contributed by atoms with van der Waals surface area (Å²) >= 11 is 0. The Labute approximate surface area is 154 Å². The zero-order valence-corrected chi connectivity index (χ0v) is 15.5. The molecular weight excluding hydrogens is 334 g/mol. The molecule has 0 N–H and O–H groups in total. The monoisotopic (exact) mass is 361 g/mol. The molecule has 1 saturated heterocycles. The van der Waals surface area contributed by atoms with Gasteiger partial charge in [0.15, 0.2) is 11.5 Å². The van der Waals surface area contributed by atoms with E-state index in [0.29, 0.717) is 23.7 Å². The van der Waals surface area contributed by atoms with Crippen LogP contribution in [0.15, 0.2) is 18.2 Å². The van der Waals surface area contributed by atoms with E-state index in [1.54, 1.807) is 37.3 Å². The fourth-order valence-corrected chi connectivity index (χ4v) is 3.73. The maximum Gasteiger partial charge on any atom is 0.311 e. The van der Waals surface area contributed by atoms with Gasteiger partial charge in [0.1, 0.15) is 6.10 Å². The number of rotatable bonds is 5. The van der Waals surface area contributed by atoms with Crippen LogP contribution in [0.1, 0.15) is 44.9 Å². The Kier molecular flexibility index (Phi) is 6.01. The molecule has 2 fully saturated rings. The molecule has 0 aromatic heterocycles. The van der Waals surface area contributed by atoms with Crippen molar-refractivity contribution in [1.82, 2.24) is 0 Å². The van der Waals surface area contributed by atoms with Crippen molar-refractivity contribution in [3.8, 4) is 11.5 Å². The van der Waals surface area contributed by atoms with Crippen molar-refractivity contribution in [1.29, 1.82) is 0 Å². The molecule has 0 spiro atoms. The molecule has 26 heavy (non-hydrogen) atoms. The number of benzene rings is 1. The molecule has 1 saturated carbocycles. The Morgan fingerprint density at radius 1 is 1.04 bits per heavy atom. The molecule has 6 heteroatoms. The molecule has 3 rings (SSSR count). The standard InChI is InChI=1S/C20H27NO5/c1-24-17-10-9-15(12-18(17)25-2)21-13-14(11-19(21)22)20(23)26-16-7-5-3-4-6-8-16/h9-10,12,14,16H,3-8,11,13H2,1-2H3. The van der Waals surface area contributed by atoms with Crippen molar-refractivity contribution in [2.75, 3.05) is 25.7 Å². The highest BCUT2D eigenvalue weighted by Crippen LogP contribution is 2.34. The lowest BCUT2D eigenvalue weighted by atomic mass is 10.1. The minimum absolute atomic E-state index is 0.00947. The number of hydrogen-bond acceptors (Lipinski definition) is 5. The fourth-order valence-electron chi connectivity index (χ4n) is 3.73. The van der Waals surface area contributed by atoms with Gasteiger partial charge in [0.05, 0.1) is 20.1 Å². The minimum atomic E-state index is -0.404. The zero-order chi connectivity index (χ0) is 18.5. The topological polar surface area (TPSA) is 65.1 Å². The van der Waals surface area contributed by atoms with Crippen LogP contribution in [0.5, 0.6) is 11.5 Å². The fraction of sp³-hybridized carbons (Fsp3) is 0.600. The summed E-state index contributed by atoms with van der Waals surface area (Å²) < 4.78 is 16.2. The Balaban J connectivity index is 1.65. The second kappa shape index (κ2) is 8.43. The van der Waals surface area contributed by atoms with Crippen LogP contribution >= 0.6 is 0 Å². The summed E-state index contributed by atoms with van der Waals surface area (Å²) in [5, 5.41) is 0. The predicted molar refractivity (Wildman–Crippen MR) is 97.6 cm³/mol. The van der Waals surface area contributed by atoms with E-state index in [2.05, 4.69) is 0 Å². The lowest BCUT2D eigenvalue weighted by Crippen LogP contribution is -2.28. The summed E-state index contributed by atoms with van der Waals surface area (Å²) in [6, 6.07) is 5.33. The van der Waals surface area contributed by atoms with Crippen molar-refractivity contribution in [3.05, 3.63) is 18.2 Å². The molecular formula is C20H27NO5. The number of nitrogens with zero attached hydrogens (tertiary/aromatic N) is 1. The highest BCUT2D eigenvalue weighted by atomic mass is 16.5. The van der Waals surface area contributed by atoms with E-state index in [1.165, 1.54) is 12.8 Å². The molecule has 1 aromatic carbocycles. The predicted octanol–water partition coefficient (Wildman–Crippen LogP) is 3.32. The molecule has 0 bridgehead atoms. The van der Waals surface area contributed by atoms with Gasteiger partial charge in [-0.05, 0) is 37.8 Å². The second-order valence-corrected chi connectivity index (χ2v) is 7.00. The first-order valence-electron chi connectivity index (χ1n) is 9.35. The lowest BCUT2D eigenvalue weighted by Gasteiger charge is -2.20. The average Bonchev–Trinajstić information content (AvgIpc) is 2.87. The zero-order valence-electron chi connectivity index (χ0n) is 15.5. The summed E-state index contributed by atoms with van der Waals surface area (Å²) in [6.45, 7) is 0.347. The van der Waals surface area contributed by atoms with Crippen LogP contribution in [0.25, 0.3) is 0 Å². The molecule has 142 valence electrons. The van der Waals surface area contributed by atoms with Crippen LogP contribution < -0.4 is 14.4 Å². The van der Waals surface area contributed by atoms with Gasteiger partial charge in [0.2, 0.25) is 5.91 Å². The van der Waals surface area contributed by atoms with Gasteiger partial charge in [-0.2, -0.15) is 0 Å². The first kappa shape index (κ1) is 18.5. The van der Waals surface area contributed by atoms with Gasteiger partial charge in [-0.15, -0.1) is 0 Å². The molecule has 2 aliphatic rings. The molecule has 1 aromatic rings. The number of ether oxygens (including phenoxy) is 3. The molecule has 6 nitrogen and oxygen atoms in total. The number of methoxy groups -OCH3 is 2. The first-order valence-corrected chi connectivity index (χ1v) is 9.35. The van der Waals surface area contributed by atoms with E-state index < -0.39 is 5.92 Å². The van der Waals surface area contributed by atoms with Gasteiger partial charge >= 0.3 is 5.97 Å². The van der Waals surface area contributed by atoms with Crippen molar-refractivity contribution in [2.45, 2.75) is 51.0 Å². The third-order valence-electron chi connectivity index (χ3n) is 5.22. The van der Waals surface area contributed by atoms with Gasteiger partial charge in [0, 0.05) is 24.7 Å². The second-order valence-electron chi connectivity index (χ2n) is 7.00. The Morgan fingerprint density at radius 2 is 1.73 bits per heavy atom. The highest BCUT2D eigenvalue weighted by molar-refractivity contribution is 5.99. The van der Waals surface area contributed by atoms with E-state index in [1.807, 2.05) is 0 Å². The van der Waals surface area contributed by atoms with E-state index in [4.69, 9.17) is 14.2 Å². The van der Waals surface area contributed by atoms with E-state index in [9.17, 15) is 9.59 Å². The normalized spacial score (nSPS) is 21.4. The van der Waals surface area contributed by atoms with Crippen LogP contribution in [-0.2, 0) is 14.3 Å². The summed E-state index contributed by atoms with van der Waals surface area (Å²) in [4.78, 5) is 26.6. The third-order valence-corrected chi connectivity index (χ3v) is 5.22. The maximum absolute atomic E-state index is 12.5. The summed E-state index contributed by atoms with van der Waals surface area (Å²) in [7, 11) is 3.12. The number of anilines is 1. The van der Waals surface area contributed by atoms with Crippen LogP contribution in [0.2, 0.25) is 0 Å². The quantitative estimate of drug-likeness (QED) is 0.595. The van der Waals surface area contributed by atoms with Crippen molar-refractivity contribution in [2.24, 2.45) is 5.92 Å². The average molecular weight is 361 g/mol. The first-order chi connectivity index (χ1) is 12.6. The largest absolute Gasteiger partial charge is 0.493 e. The van der Waals surface area contributed by atoms with Crippen LogP contribution in [0.4, 0.5) is 5.69 Å². The number of carbonyl (C=O) groups is 2. The van der Waals surface area contributed by atoms with Gasteiger partial charge in [0.25, 0.3) is 0 Å². The van der Waals surface area contributed by atoms with Crippen molar-refractivity contribution in [3.63, 3.8) is 0 Å².